The summed E-state index contributed by atoms with van der Waals surface area (Å²) >= 11 is 0. The molecular weight excluding hydrogens is 404 g/mol. The molecule has 3 rings (SSSR count). The van der Waals surface area contributed by atoms with Crippen LogP contribution in [0.5, 0.6) is 5.75 Å². The molecule has 2 N–H and O–H groups in total. The van der Waals surface area contributed by atoms with E-state index in [0.29, 0.717) is 17.1 Å². The third kappa shape index (κ3) is 5.16. The molecule has 0 heterocycles. The van der Waals surface area contributed by atoms with Crippen LogP contribution in [-0.2, 0) is 19.6 Å². The van der Waals surface area contributed by atoms with Crippen LogP contribution in [0, 0.1) is 0 Å². The second kappa shape index (κ2) is 9.43. The summed E-state index contributed by atoms with van der Waals surface area (Å²) in [4.78, 5) is 12.6. The van der Waals surface area contributed by atoms with Gasteiger partial charge >= 0.3 is 0 Å². The smallest absolute Gasteiger partial charge is 0.261 e. The first-order valence-electron chi connectivity index (χ1n) is 9.08. The Hall–Kier alpha value is -3.36. The lowest BCUT2D eigenvalue weighted by Gasteiger charge is -2.16. The fraction of sp³-hybridized carbons (Fsp3) is 0.136. The average Bonchev–Trinajstić information content (AvgIpc) is 2.76. The van der Waals surface area contributed by atoms with Crippen molar-refractivity contribution in [1.82, 2.24) is 0 Å². The van der Waals surface area contributed by atoms with E-state index < -0.39 is 16.1 Å². The maximum atomic E-state index is 12.6. The van der Waals surface area contributed by atoms with Crippen LogP contribution in [0.3, 0.4) is 0 Å². The van der Waals surface area contributed by atoms with Crippen molar-refractivity contribution < 1.29 is 22.7 Å². The highest BCUT2D eigenvalue weighted by Crippen LogP contribution is 2.22. The number of anilines is 2. The highest BCUT2D eigenvalue weighted by Gasteiger charge is 2.20. The molecule has 0 aromatic heterocycles. The first-order chi connectivity index (χ1) is 14.4. The van der Waals surface area contributed by atoms with Crippen LogP contribution >= 0.6 is 0 Å². The molecule has 7 nitrogen and oxygen atoms in total. The summed E-state index contributed by atoms with van der Waals surface area (Å²) in [6.45, 7) is 0. The van der Waals surface area contributed by atoms with Gasteiger partial charge in [0.1, 0.15) is 5.75 Å². The van der Waals surface area contributed by atoms with Crippen molar-refractivity contribution in [2.24, 2.45) is 0 Å². The molecule has 0 spiro atoms. The maximum Gasteiger partial charge on any atom is 0.261 e. The molecule has 0 aliphatic heterocycles. The molecule has 1 amide bonds. The minimum absolute atomic E-state index is 0.0719. The molecule has 3 aromatic rings. The lowest BCUT2D eigenvalue weighted by Crippen LogP contribution is -2.22. The monoisotopic (exact) mass is 426 g/mol. The first kappa shape index (κ1) is 21.4. The van der Waals surface area contributed by atoms with Gasteiger partial charge in [0.2, 0.25) is 0 Å². The molecule has 0 aliphatic carbocycles. The Kier molecular flexibility index (Phi) is 6.71. The number of amides is 1. The fourth-order valence-electron chi connectivity index (χ4n) is 2.82. The van der Waals surface area contributed by atoms with Gasteiger partial charge in [0, 0.05) is 18.5 Å². The summed E-state index contributed by atoms with van der Waals surface area (Å²) in [5.41, 5.74) is 1.60. The minimum Gasteiger partial charge on any atom is -0.497 e. The Morgan fingerprint density at radius 2 is 1.43 bits per heavy atom. The normalized spacial score (nSPS) is 12.1. The van der Waals surface area contributed by atoms with E-state index in [0.717, 1.165) is 5.56 Å². The summed E-state index contributed by atoms with van der Waals surface area (Å²) in [6, 6.07) is 21.5. The fourth-order valence-corrected chi connectivity index (χ4v) is 3.88. The molecule has 1 atom stereocenters. The van der Waals surface area contributed by atoms with Gasteiger partial charge in [-0.2, -0.15) is 0 Å². The molecule has 156 valence electrons. The van der Waals surface area contributed by atoms with Gasteiger partial charge in [-0.25, -0.2) is 8.42 Å². The van der Waals surface area contributed by atoms with Crippen molar-refractivity contribution in [2.45, 2.75) is 11.0 Å². The van der Waals surface area contributed by atoms with Crippen LogP contribution in [0.4, 0.5) is 11.4 Å². The van der Waals surface area contributed by atoms with Gasteiger partial charge in [-0.05, 0) is 54.1 Å². The lowest BCUT2D eigenvalue weighted by atomic mass is 10.1. The van der Waals surface area contributed by atoms with Crippen LogP contribution in [0.2, 0.25) is 0 Å². The molecule has 30 heavy (non-hydrogen) atoms. The summed E-state index contributed by atoms with van der Waals surface area (Å²) in [5, 5.41) is 2.74. The molecule has 0 aliphatic rings. The lowest BCUT2D eigenvalue weighted by molar-refractivity contribution is -0.126. The van der Waals surface area contributed by atoms with Gasteiger partial charge in [-0.15, -0.1) is 0 Å². The van der Waals surface area contributed by atoms with Crippen LogP contribution < -0.4 is 14.8 Å². The molecular formula is C22H22N2O5S. The first-order valence-corrected chi connectivity index (χ1v) is 10.6. The van der Waals surface area contributed by atoms with Crippen molar-refractivity contribution in [3.63, 3.8) is 0 Å². The van der Waals surface area contributed by atoms with Crippen molar-refractivity contribution in [3.8, 4) is 5.75 Å². The van der Waals surface area contributed by atoms with Crippen LogP contribution in [-0.4, -0.2) is 28.5 Å². The maximum absolute atomic E-state index is 12.6. The molecule has 0 saturated heterocycles. The van der Waals surface area contributed by atoms with Crippen molar-refractivity contribution >= 4 is 27.3 Å². The number of rotatable bonds is 8. The van der Waals surface area contributed by atoms with Gasteiger partial charge in [-0.1, -0.05) is 30.3 Å². The van der Waals surface area contributed by atoms with Crippen LogP contribution in [0.25, 0.3) is 0 Å². The number of methoxy groups -OCH3 is 2. The number of sulfonamides is 1. The van der Waals surface area contributed by atoms with Crippen molar-refractivity contribution in [2.75, 3.05) is 24.3 Å². The Balaban J connectivity index is 1.69. The number of benzene rings is 3. The number of hydrogen-bond acceptors (Lipinski definition) is 5. The molecule has 8 heteroatoms. The van der Waals surface area contributed by atoms with Crippen LogP contribution in [0.1, 0.15) is 11.7 Å². The molecule has 3 aromatic carbocycles. The molecule has 0 saturated carbocycles. The number of ether oxygens (including phenoxy) is 2. The van der Waals surface area contributed by atoms with Gasteiger partial charge in [0.25, 0.3) is 15.9 Å². The summed E-state index contributed by atoms with van der Waals surface area (Å²) in [6.07, 6.45) is -0.772. The zero-order chi connectivity index (χ0) is 21.6. The predicted molar refractivity (Wildman–Crippen MR) is 115 cm³/mol. The predicted octanol–water partition coefficient (Wildman–Crippen LogP) is 3.82. The number of carbonyl (C=O) groups excluding carboxylic acids is 1. The van der Waals surface area contributed by atoms with E-state index >= 15 is 0 Å². The Labute approximate surface area is 175 Å². The third-order valence-electron chi connectivity index (χ3n) is 4.35. The standard InChI is InChI=1S/C22H22N2O5S/c1-28-19-12-8-18(9-13-19)24-30(26,27)20-14-10-17(11-15-20)23-22(25)21(29-2)16-6-4-3-5-7-16/h3-15,21,24H,1-2H3,(H,23,25)/t21-/m0/s1. The topological polar surface area (TPSA) is 93.7 Å². The summed E-state index contributed by atoms with van der Waals surface area (Å²) in [5.74, 6) is 0.276. The molecule has 0 radical (unpaired) electrons. The second-order valence-corrected chi connectivity index (χ2v) is 8.06. The van der Waals surface area contributed by atoms with E-state index in [4.69, 9.17) is 9.47 Å². The largest absolute Gasteiger partial charge is 0.497 e. The zero-order valence-electron chi connectivity index (χ0n) is 16.5. The Morgan fingerprint density at radius 1 is 0.833 bits per heavy atom. The van der Waals surface area contributed by atoms with Crippen molar-refractivity contribution in [3.05, 3.63) is 84.4 Å². The zero-order valence-corrected chi connectivity index (χ0v) is 17.3. The summed E-state index contributed by atoms with van der Waals surface area (Å²) < 4.78 is 38.0. The number of carbonyl (C=O) groups is 1. The number of nitrogens with one attached hydrogen (secondary N) is 2. The van der Waals surface area contributed by atoms with Gasteiger partial charge in [-0.3, -0.25) is 9.52 Å². The van der Waals surface area contributed by atoms with Gasteiger partial charge in [0.15, 0.2) is 6.10 Å². The Morgan fingerprint density at radius 3 is 2.00 bits per heavy atom. The molecule has 0 fully saturated rings. The van der Waals surface area contributed by atoms with E-state index in [-0.39, 0.29) is 10.8 Å². The SMILES string of the molecule is COc1ccc(NS(=O)(=O)c2ccc(NC(=O)[C@@H](OC)c3ccccc3)cc2)cc1. The van der Waals surface area contributed by atoms with Crippen molar-refractivity contribution in [1.29, 1.82) is 0 Å². The molecule has 0 unspecified atom stereocenters. The van der Waals surface area contributed by atoms with Crippen LogP contribution in [0.15, 0.2) is 83.8 Å². The quantitative estimate of drug-likeness (QED) is 0.571. The van der Waals surface area contributed by atoms with E-state index in [1.54, 1.807) is 36.4 Å². The third-order valence-corrected chi connectivity index (χ3v) is 5.75. The Bertz CT molecular complexity index is 1080. The van der Waals surface area contributed by atoms with E-state index in [2.05, 4.69) is 10.0 Å². The van der Waals surface area contributed by atoms with E-state index in [1.165, 1.54) is 38.5 Å². The highest BCUT2D eigenvalue weighted by atomic mass is 32.2. The van der Waals surface area contributed by atoms with E-state index in [1.807, 2.05) is 18.2 Å². The van der Waals surface area contributed by atoms with Gasteiger partial charge < -0.3 is 14.8 Å². The highest BCUT2D eigenvalue weighted by molar-refractivity contribution is 7.92. The summed E-state index contributed by atoms with van der Waals surface area (Å²) in [7, 11) is -0.778. The second-order valence-electron chi connectivity index (χ2n) is 6.37. The number of hydrogen-bond donors (Lipinski definition) is 2. The minimum atomic E-state index is -3.77. The van der Waals surface area contributed by atoms with E-state index in [9.17, 15) is 13.2 Å². The van der Waals surface area contributed by atoms with Gasteiger partial charge in [0.05, 0.1) is 12.0 Å². The average molecular weight is 426 g/mol. The molecule has 0 bridgehead atoms.